The Morgan fingerprint density at radius 3 is 2.45 bits per heavy atom. The van der Waals surface area contributed by atoms with Gasteiger partial charge in [0, 0.05) is 18.5 Å². The maximum absolute atomic E-state index is 12.9. The minimum atomic E-state index is -0.896. The first-order valence-electron chi connectivity index (χ1n) is 6.85. The van der Waals surface area contributed by atoms with Gasteiger partial charge in [0.1, 0.15) is 5.82 Å². The molecule has 3 unspecified atom stereocenters. The van der Waals surface area contributed by atoms with Crippen molar-refractivity contribution < 1.29 is 19.4 Å². The zero-order valence-corrected chi connectivity index (χ0v) is 11.8. The molecule has 0 saturated heterocycles. The Morgan fingerprint density at radius 1 is 1.35 bits per heavy atom. The number of carboxylic acids is 1. The van der Waals surface area contributed by atoms with Crippen LogP contribution in [0.1, 0.15) is 44.8 Å². The van der Waals surface area contributed by atoms with E-state index < -0.39 is 12.1 Å². The molecule has 0 bridgehead atoms. The van der Waals surface area contributed by atoms with E-state index in [1.165, 1.54) is 24.3 Å². The van der Waals surface area contributed by atoms with Crippen LogP contribution in [-0.2, 0) is 4.79 Å². The predicted molar refractivity (Wildman–Crippen MR) is 74.9 cm³/mol. The van der Waals surface area contributed by atoms with Gasteiger partial charge in [0.2, 0.25) is 0 Å². The summed E-state index contributed by atoms with van der Waals surface area (Å²) in [4.78, 5) is 10.7. The number of nitrogens with one attached hydrogen (secondary N) is 1. The molecule has 0 aliphatic carbocycles. The molecule has 1 rings (SSSR count). The number of hydrogen-bond acceptors (Lipinski definition) is 3. The highest BCUT2D eigenvalue weighted by Crippen LogP contribution is 2.21. The first-order valence-corrected chi connectivity index (χ1v) is 6.85. The van der Waals surface area contributed by atoms with E-state index in [0.717, 1.165) is 6.42 Å². The van der Waals surface area contributed by atoms with E-state index >= 15 is 0 Å². The molecule has 0 aliphatic rings. The number of benzene rings is 1. The Bertz CT molecular complexity index is 422. The maximum atomic E-state index is 12.9. The van der Waals surface area contributed by atoms with Crippen molar-refractivity contribution in [1.29, 1.82) is 0 Å². The highest BCUT2D eigenvalue weighted by Gasteiger charge is 2.22. The molecule has 3 atom stereocenters. The third-order valence-corrected chi connectivity index (χ3v) is 3.37. The molecule has 0 radical (unpaired) electrons. The molecule has 4 nitrogen and oxygen atoms in total. The van der Waals surface area contributed by atoms with Crippen molar-refractivity contribution in [3.63, 3.8) is 0 Å². The second-order valence-corrected chi connectivity index (χ2v) is 5.01. The SMILES string of the molecule is CCC(C)NC(CCC(=O)O)C(O)c1ccc(F)cc1. The molecule has 5 heteroatoms. The molecule has 0 aliphatic heterocycles. The van der Waals surface area contributed by atoms with Crippen LogP contribution in [0.25, 0.3) is 0 Å². The largest absolute Gasteiger partial charge is 0.481 e. The summed E-state index contributed by atoms with van der Waals surface area (Å²) in [6.07, 6.45) is 0.313. The highest BCUT2D eigenvalue weighted by atomic mass is 19.1. The predicted octanol–water partition coefficient (Wildman–Crippen LogP) is 2.48. The molecule has 0 amide bonds. The quantitative estimate of drug-likeness (QED) is 0.685. The summed E-state index contributed by atoms with van der Waals surface area (Å²) < 4.78 is 12.9. The number of hydrogen-bond donors (Lipinski definition) is 3. The van der Waals surface area contributed by atoms with Crippen LogP contribution < -0.4 is 5.32 Å². The fraction of sp³-hybridized carbons (Fsp3) is 0.533. The summed E-state index contributed by atoms with van der Waals surface area (Å²) in [5, 5.41) is 22.4. The number of aliphatic hydroxyl groups excluding tert-OH is 1. The Labute approximate surface area is 118 Å². The van der Waals surface area contributed by atoms with Gasteiger partial charge in [0.15, 0.2) is 0 Å². The lowest BCUT2D eigenvalue weighted by Gasteiger charge is -2.27. The molecular formula is C15H22FNO3. The molecule has 0 heterocycles. The van der Waals surface area contributed by atoms with Gasteiger partial charge in [-0.3, -0.25) is 4.79 Å². The van der Waals surface area contributed by atoms with Crippen molar-refractivity contribution in [3.05, 3.63) is 35.6 Å². The fourth-order valence-corrected chi connectivity index (χ4v) is 1.99. The maximum Gasteiger partial charge on any atom is 0.303 e. The van der Waals surface area contributed by atoms with Crippen LogP contribution in [0.15, 0.2) is 24.3 Å². The van der Waals surface area contributed by atoms with Gasteiger partial charge in [-0.25, -0.2) is 4.39 Å². The number of aliphatic hydroxyl groups is 1. The summed E-state index contributed by atoms with van der Waals surface area (Å²) in [6, 6.07) is 5.42. The van der Waals surface area contributed by atoms with E-state index in [9.17, 15) is 14.3 Å². The number of carbonyl (C=O) groups is 1. The molecule has 3 N–H and O–H groups in total. The van der Waals surface area contributed by atoms with Crippen LogP contribution in [0.5, 0.6) is 0 Å². The topological polar surface area (TPSA) is 69.6 Å². The summed E-state index contributed by atoms with van der Waals surface area (Å²) in [5.74, 6) is -1.26. The van der Waals surface area contributed by atoms with Gasteiger partial charge in [0.05, 0.1) is 6.10 Å². The van der Waals surface area contributed by atoms with Crippen LogP contribution in [0.4, 0.5) is 4.39 Å². The molecule has 0 spiro atoms. The Balaban J connectivity index is 2.78. The second kappa shape index (κ2) is 7.97. The Kier molecular flexibility index (Phi) is 6.61. The van der Waals surface area contributed by atoms with Crippen molar-refractivity contribution in [2.45, 2.75) is 51.3 Å². The summed E-state index contributed by atoms with van der Waals surface area (Å²) in [6.45, 7) is 3.99. The van der Waals surface area contributed by atoms with Crippen molar-refractivity contribution in [3.8, 4) is 0 Å². The lowest BCUT2D eigenvalue weighted by atomic mass is 9.97. The lowest BCUT2D eigenvalue weighted by Crippen LogP contribution is -2.40. The molecule has 1 aromatic rings. The van der Waals surface area contributed by atoms with E-state index in [4.69, 9.17) is 5.11 Å². The van der Waals surface area contributed by atoms with Gasteiger partial charge in [-0.05, 0) is 37.5 Å². The number of aliphatic carboxylic acids is 1. The fourth-order valence-electron chi connectivity index (χ4n) is 1.99. The minimum absolute atomic E-state index is 0.0215. The average Bonchev–Trinajstić information content (AvgIpc) is 2.43. The van der Waals surface area contributed by atoms with Crippen LogP contribution in [-0.4, -0.2) is 28.3 Å². The monoisotopic (exact) mass is 283 g/mol. The standard InChI is InChI=1S/C15H22FNO3/c1-3-10(2)17-13(8-9-14(18)19)15(20)11-4-6-12(16)7-5-11/h4-7,10,13,15,17,20H,3,8-9H2,1-2H3,(H,18,19). The zero-order chi connectivity index (χ0) is 15.1. The second-order valence-electron chi connectivity index (χ2n) is 5.01. The van der Waals surface area contributed by atoms with Gasteiger partial charge in [-0.15, -0.1) is 0 Å². The minimum Gasteiger partial charge on any atom is -0.481 e. The Hall–Kier alpha value is -1.46. The normalized spacial score (nSPS) is 15.6. The van der Waals surface area contributed by atoms with Gasteiger partial charge in [-0.1, -0.05) is 19.1 Å². The van der Waals surface area contributed by atoms with E-state index in [1.807, 2.05) is 13.8 Å². The van der Waals surface area contributed by atoms with E-state index in [2.05, 4.69) is 5.32 Å². The first kappa shape index (κ1) is 16.6. The Morgan fingerprint density at radius 2 is 1.95 bits per heavy atom. The van der Waals surface area contributed by atoms with Gasteiger partial charge in [0.25, 0.3) is 0 Å². The number of rotatable bonds is 8. The molecule has 20 heavy (non-hydrogen) atoms. The molecular weight excluding hydrogens is 261 g/mol. The van der Waals surface area contributed by atoms with Gasteiger partial charge < -0.3 is 15.5 Å². The number of carboxylic acid groups (broad SMARTS) is 1. The molecule has 1 aromatic carbocycles. The third-order valence-electron chi connectivity index (χ3n) is 3.37. The highest BCUT2D eigenvalue weighted by molar-refractivity contribution is 5.66. The zero-order valence-electron chi connectivity index (χ0n) is 11.8. The van der Waals surface area contributed by atoms with Crippen LogP contribution in [0.3, 0.4) is 0 Å². The smallest absolute Gasteiger partial charge is 0.303 e. The van der Waals surface area contributed by atoms with Gasteiger partial charge >= 0.3 is 5.97 Å². The van der Waals surface area contributed by atoms with E-state index in [0.29, 0.717) is 12.0 Å². The summed E-state index contributed by atoms with van der Waals surface area (Å²) >= 11 is 0. The van der Waals surface area contributed by atoms with Crippen LogP contribution >= 0.6 is 0 Å². The summed E-state index contributed by atoms with van der Waals surface area (Å²) in [7, 11) is 0. The molecule has 0 aromatic heterocycles. The van der Waals surface area contributed by atoms with E-state index in [1.54, 1.807) is 0 Å². The van der Waals surface area contributed by atoms with Crippen LogP contribution in [0, 0.1) is 5.82 Å². The lowest BCUT2D eigenvalue weighted by molar-refractivity contribution is -0.137. The average molecular weight is 283 g/mol. The van der Waals surface area contributed by atoms with Crippen molar-refractivity contribution >= 4 is 5.97 Å². The third kappa shape index (κ3) is 5.27. The van der Waals surface area contributed by atoms with E-state index in [-0.39, 0.29) is 24.3 Å². The molecule has 0 fully saturated rings. The molecule has 0 saturated carbocycles. The first-order chi connectivity index (χ1) is 9.43. The van der Waals surface area contributed by atoms with Crippen molar-refractivity contribution in [1.82, 2.24) is 5.32 Å². The van der Waals surface area contributed by atoms with Crippen molar-refractivity contribution in [2.75, 3.05) is 0 Å². The molecule has 112 valence electrons. The number of halogens is 1. The van der Waals surface area contributed by atoms with Crippen molar-refractivity contribution in [2.24, 2.45) is 0 Å². The summed E-state index contributed by atoms with van der Waals surface area (Å²) in [5.41, 5.74) is 0.581. The van der Waals surface area contributed by atoms with Crippen LogP contribution in [0.2, 0.25) is 0 Å². The van der Waals surface area contributed by atoms with Gasteiger partial charge in [-0.2, -0.15) is 0 Å².